The van der Waals surface area contributed by atoms with Gasteiger partial charge in [-0.05, 0) is 67.0 Å². The summed E-state index contributed by atoms with van der Waals surface area (Å²) in [6, 6.07) is 16.4. The Morgan fingerprint density at radius 2 is 1.48 bits per heavy atom. The van der Waals surface area contributed by atoms with Crippen LogP contribution in [0.15, 0.2) is 42.5 Å². The Balaban J connectivity index is 1.52. The van der Waals surface area contributed by atoms with Crippen molar-refractivity contribution in [2.45, 2.75) is 71.6 Å². The highest BCUT2D eigenvalue weighted by molar-refractivity contribution is 5.51. The molecule has 0 amide bonds. The minimum Gasteiger partial charge on any atom is -0.492 e. The van der Waals surface area contributed by atoms with Crippen molar-refractivity contribution in [3.63, 3.8) is 0 Å². The molecule has 0 spiro atoms. The highest BCUT2D eigenvalue weighted by Crippen LogP contribution is 2.33. The molecule has 2 heteroatoms. The van der Waals surface area contributed by atoms with E-state index in [2.05, 4.69) is 56.0 Å². The van der Waals surface area contributed by atoms with Gasteiger partial charge < -0.3 is 4.74 Å². The zero-order valence-corrected chi connectivity index (χ0v) is 19.1. The van der Waals surface area contributed by atoms with Crippen LogP contribution in [0.4, 0.5) is 0 Å². The zero-order chi connectivity index (χ0) is 21.9. The molecule has 31 heavy (non-hydrogen) atoms. The van der Waals surface area contributed by atoms with Crippen LogP contribution >= 0.6 is 0 Å². The SMILES string of the molecule is CCCOc1ccc(C#Cc2ccc(CCC3CCC(CCC)CC3)cc2)cc1C#N. The van der Waals surface area contributed by atoms with Crippen molar-refractivity contribution in [2.75, 3.05) is 6.61 Å². The van der Waals surface area contributed by atoms with E-state index in [4.69, 9.17) is 4.74 Å². The second-order valence-corrected chi connectivity index (χ2v) is 8.83. The Labute approximate surface area is 188 Å². The van der Waals surface area contributed by atoms with Gasteiger partial charge in [0.05, 0.1) is 12.2 Å². The molecule has 2 nitrogen and oxygen atoms in total. The maximum absolute atomic E-state index is 9.36. The average Bonchev–Trinajstić information content (AvgIpc) is 2.82. The molecule has 0 aromatic heterocycles. The summed E-state index contributed by atoms with van der Waals surface area (Å²) in [5.41, 5.74) is 3.79. The lowest BCUT2D eigenvalue weighted by molar-refractivity contribution is 0.252. The van der Waals surface area contributed by atoms with E-state index in [0.29, 0.717) is 17.9 Å². The predicted octanol–water partition coefficient (Wildman–Crippen LogP) is 7.29. The summed E-state index contributed by atoms with van der Waals surface area (Å²) in [6.45, 7) is 4.98. The van der Waals surface area contributed by atoms with Gasteiger partial charge in [-0.1, -0.05) is 76.3 Å². The number of nitriles is 1. The molecule has 0 radical (unpaired) electrons. The van der Waals surface area contributed by atoms with Crippen LogP contribution in [0.25, 0.3) is 0 Å². The van der Waals surface area contributed by atoms with Gasteiger partial charge in [-0.25, -0.2) is 0 Å². The summed E-state index contributed by atoms with van der Waals surface area (Å²) in [6.07, 6.45) is 11.9. The maximum atomic E-state index is 9.36. The maximum Gasteiger partial charge on any atom is 0.137 e. The molecule has 1 fully saturated rings. The molecule has 0 aliphatic heterocycles. The fourth-order valence-corrected chi connectivity index (χ4v) is 4.52. The van der Waals surface area contributed by atoms with Gasteiger partial charge in [0.15, 0.2) is 0 Å². The van der Waals surface area contributed by atoms with E-state index < -0.39 is 0 Å². The fraction of sp³-hybridized carbons (Fsp3) is 0.483. The topological polar surface area (TPSA) is 33.0 Å². The first-order chi connectivity index (χ1) is 15.2. The van der Waals surface area contributed by atoms with E-state index in [-0.39, 0.29) is 0 Å². The molecular weight excluding hydrogens is 378 g/mol. The largest absolute Gasteiger partial charge is 0.492 e. The molecule has 2 aromatic carbocycles. The van der Waals surface area contributed by atoms with Gasteiger partial charge in [0.1, 0.15) is 11.8 Å². The van der Waals surface area contributed by atoms with Gasteiger partial charge in [-0.2, -0.15) is 5.26 Å². The van der Waals surface area contributed by atoms with Crippen molar-refractivity contribution < 1.29 is 4.74 Å². The summed E-state index contributed by atoms with van der Waals surface area (Å²) in [5, 5.41) is 9.36. The number of nitrogens with zero attached hydrogens (tertiary/aromatic N) is 1. The quantitative estimate of drug-likeness (QED) is 0.426. The lowest BCUT2D eigenvalue weighted by atomic mass is 9.78. The lowest BCUT2D eigenvalue weighted by Crippen LogP contribution is -2.15. The summed E-state index contributed by atoms with van der Waals surface area (Å²) in [5.74, 6) is 8.94. The van der Waals surface area contributed by atoms with Crippen molar-refractivity contribution >= 4 is 0 Å². The molecule has 0 atom stereocenters. The van der Waals surface area contributed by atoms with Crippen LogP contribution in [-0.4, -0.2) is 6.61 Å². The standard InChI is InChI=1S/C29H35NO/c1-3-5-23-6-8-24(9-7-23)10-11-25-12-14-26(15-13-25)16-17-27-18-19-29(31-20-4-2)28(21-27)22-30/h12-15,18-19,21,23-24H,3-11,20H2,1-2H3. The van der Waals surface area contributed by atoms with Crippen LogP contribution in [0.3, 0.4) is 0 Å². The van der Waals surface area contributed by atoms with Crippen LogP contribution in [0, 0.1) is 35.0 Å². The molecule has 2 aromatic rings. The summed E-state index contributed by atoms with van der Waals surface area (Å²) >= 11 is 0. The van der Waals surface area contributed by atoms with E-state index in [0.717, 1.165) is 29.4 Å². The molecule has 0 unspecified atom stereocenters. The first-order valence-corrected chi connectivity index (χ1v) is 12.0. The van der Waals surface area contributed by atoms with Gasteiger partial charge in [-0.15, -0.1) is 0 Å². The second kappa shape index (κ2) is 12.2. The zero-order valence-electron chi connectivity index (χ0n) is 19.1. The normalized spacial score (nSPS) is 18.0. The van der Waals surface area contributed by atoms with Crippen LogP contribution in [-0.2, 0) is 6.42 Å². The van der Waals surface area contributed by atoms with Crippen molar-refractivity contribution in [1.29, 1.82) is 5.26 Å². The van der Waals surface area contributed by atoms with Gasteiger partial charge in [0.25, 0.3) is 0 Å². The molecular formula is C29H35NO. The first-order valence-electron chi connectivity index (χ1n) is 12.0. The number of hydrogen-bond donors (Lipinski definition) is 0. The third kappa shape index (κ3) is 7.18. The smallest absolute Gasteiger partial charge is 0.137 e. The lowest BCUT2D eigenvalue weighted by Gasteiger charge is -2.28. The molecule has 0 N–H and O–H groups in total. The molecule has 0 heterocycles. The minimum atomic E-state index is 0.541. The molecule has 1 aliphatic rings. The molecule has 162 valence electrons. The van der Waals surface area contributed by atoms with Crippen LogP contribution in [0.5, 0.6) is 5.75 Å². The van der Waals surface area contributed by atoms with E-state index in [1.54, 1.807) is 0 Å². The number of rotatable bonds is 8. The van der Waals surface area contributed by atoms with Gasteiger partial charge in [-0.3, -0.25) is 0 Å². The van der Waals surface area contributed by atoms with Crippen molar-refractivity contribution in [3.05, 3.63) is 64.7 Å². The third-order valence-electron chi connectivity index (χ3n) is 6.37. The molecule has 0 saturated heterocycles. The Morgan fingerprint density at radius 3 is 2.13 bits per heavy atom. The number of ether oxygens (including phenoxy) is 1. The van der Waals surface area contributed by atoms with Gasteiger partial charge in [0, 0.05) is 11.1 Å². The van der Waals surface area contributed by atoms with Crippen molar-refractivity contribution in [1.82, 2.24) is 0 Å². The second-order valence-electron chi connectivity index (χ2n) is 8.83. The van der Waals surface area contributed by atoms with Crippen molar-refractivity contribution in [2.24, 2.45) is 11.8 Å². The van der Waals surface area contributed by atoms with Crippen LogP contribution < -0.4 is 4.74 Å². The number of benzene rings is 2. The minimum absolute atomic E-state index is 0.541. The fourth-order valence-electron chi connectivity index (χ4n) is 4.52. The highest BCUT2D eigenvalue weighted by atomic mass is 16.5. The van der Waals surface area contributed by atoms with Crippen LogP contribution in [0.2, 0.25) is 0 Å². The van der Waals surface area contributed by atoms with Crippen LogP contribution in [0.1, 0.15) is 87.5 Å². The first kappa shape index (κ1) is 23.0. The van der Waals surface area contributed by atoms with E-state index >= 15 is 0 Å². The number of hydrogen-bond acceptors (Lipinski definition) is 2. The third-order valence-corrected chi connectivity index (χ3v) is 6.37. The van der Waals surface area contributed by atoms with E-state index in [1.807, 2.05) is 18.2 Å². The Bertz CT molecular complexity index is 918. The summed E-state index contributed by atoms with van der Waals surface area (Å²) in [7, 11) is 0. The monoisotopic (exact) mass is 413 g/mol. The van der Waals surface area contributed by atoms with E-state index in [9.17, 15) is 5.26 Å². The highest BCUT2D eigenvalue weighted by Gasteiger charge is 2.20. The Kier molecular flexibility index (Phi) is 9.05. The van der Waals surface area contributed by atoms with Crippen molar-refractivity contribution in [3.8, 4) is 23.7 Å². The molecule has 1 saturated carbocycles. The Hall–Kier alpha value is -2.71. The number of aryl methyl sites for hydroxylation is 1. The summed E-state index contributed by atoms with van der Waals surface area (Å²) in [4.78, 5) is 0. The van der Waals surface area contributed by atoms with E-state index in [1.165, 1.54) is 56.9 Å². The molecule has 0 bridgehead atoms. The van der Waals surface area contributed by atoms with Gasteiger partial charge >= 0.3 is 0 Å². The predicted molar refractivity (Wildman–Crippen MR) is 128 cm³/mol. The molecule has 1 aliphatic carbocycles. The average molecular weight is 414 g/mol. The summed E-state index contributed by atoms with van der Waals surface area (Å²) < 4.78 is 5.62. The Morgan fingerprint density at radius 1 is 0.839 bits per heavy atom. The van der Waals surface area contributed by atoms with Gasteiger partial charge in [0.2, 0.25) is 0 Å². The molecule has 3 rings (SSSR count).